The van der Waals surface area contributed by atoms with E-state index in [9.17, 15) is 0 Å². The van der Waals surface area contributed by atoms with Gasteiger partial charge in [-0.2, -0.15) is 0 Å². The molecule has 2 nitrogen and oxygen atoms in total. The summed E-state index contributed by atoms with van der Waals surface area (Å²) in [5.74, 6) is 0.980. The average Bonchev–Trinajstić information content (AvgIpc) is 2.87. The Kier molecular flexibility index (Phi) is 4.11. The molecule has 1 aromatic heterocycles. The van der Waals surface area contributed by atoms with E-state index >= 15 is 0 Å². The molecule has 0 bridgehead atoms. The smallest absolute Gasteiger partial charge is 0.120 e. The van der Waals surface area contributed by atoms with Crippen molar-refractivity contribution in [2.24, 2.45) is 0 Å². The van der Waals surface area contributed by atoms with E-state index in [0.717, 1.165) is 5.76 Å². The Hall–Kier alpha value is -1.54. The summed E-state index contributed by atoms with van der Waals surface area (Å²) < 4.78 is 5.44. The summed E-state index contributed by atoms with van der Waals surface area (Å²) >= 11 is 0. The van der Waals surface area contributed by atoms with Crippen LogP contribution in [-0.4, -0.2) is 0 Å². The van der Waals surface area contributed by atoms with Crippen molar-refractivity contribution in [3.63, 3.8) is 0 Å². The number of hydrogen-bond acceptors (Lipinski definition) is 2. The van der Waals surface area contributed by atoms with Crippen LogP contribution in [-0.2, 0) is 0 Å². The second-order valence-electron chi connectivity index (χ2n) is 5.42. The molecule has 102 valence electrons. The van der Waals surface area contributed by atoms with Gasteiger partial charge >= 0.3 is 0 Å². The highest BCUT2D eigenvalue weighted by Crippen LogP contribution is 2.24. The van der Waals surface area contributed by atoms with Gasteiger partial charge in [0.1, 0.15) is 5.76 Å². The number of rotatable bonds is 4. The normalized spacial score (nSPS) is 14.4. The van der Waals surface area contributed by atoms with Crippen LogP contribution in [0.1, 0.15) is 53.9 Å². The van der Waals surface area contributed by atoms with E-state index in [1.807, 2.05) is 12.1 Å². The maximum absolute atomic E-state index is 5.44. The molecule has 0 radical (unpaired) electrons. The number of furan rings is 1. The maximum atomic E-state index is 5.44. The standard InChI is InChI=1S/C17H23NO/c1-11-9-13(3)16(10-12(11)2)14(4)18-15(5)17-7-6-8-19-17/h6-10,14-15,18H,1-5H3/t14?,15-/m1/s1. The molecule has 2 rings (SSSR count). The zero-order chi connectivity index (χ0) is 14.0. The summed E-state index contributed by atoms with van der Waals surface area (Å²) in [5.41, 5.74) is 5.41. The first-order valence-electron chi connectivity index (χ1n) is 6.86. The first-order valence-corrected chi connectivity index (χ1v) is 6.86. The molecule has 19 heavy (non-hydrogen) atoms. The Balaban J connectivity index is 2.16. The zero-order valence-corrected chi connectivity index (χ0v) is 12.4. The minimum Gasteiger partial charge on any atom is -0.468 e. The first kappa shape index (κ1) is 13.9. The van der Waals surface area contributed by atoms with Crippen LogP contribution in [0.4, 0.5) is 0 Å². The van der Waals surface area contributed by atoms with Gasteiger partial charge in [-0.3, -0.25) is 0 Å². The molecule has 1 aromatic carbocycles. The summed E-state index contributed by atoms with van der Waals surface area (Å²) in [6.45, 7) is 10.8. The predicted octanol–water partition coefficient (Wildman–Crippen LogP) is 4.62. The van der Waals surface area contributed by atoms with Gasteiger partial charge in [-0.1, -0.05) is 12.1 Å². The number of nitrogens with one attached hydrogen (secondary N) is 1. The molecule has 0 aliphatic rings. The van der Waals surface area contributed by atoms with Crippen LogP contribution in [0.3, 0.4) is 0 Å². The van der Waals surface area contributed by atoms with Crippen molar-refractivity contribution >= 4 is 0 Å². The topological polar surface area (TPSA) is 25.2 Å². The van der Waals surface area contributed by atoms with Gasteiger partial charge in [0.2, 0.25) is 0 Å². The molecule has 0 fully saturated rings. The van der Waals surface area contributed by atoms with E-state index in [-0.39, 0.29) is 6.04 Å². The molecule has 2 aromatic rings. The van der Waals surface area contributed by atoms with Crippen LogP contribution in [0.15, 0.2) is 34.9 Å². The van der Waals surface area contributed by atoms with Crippen molar-refractivity contribution in [3.8, 4) is 0 Å². The molecule has 0 aliphatic heterocycles. The summed E-state index contributed by atoms with van der Waals surface area (Å²) in [5, 5.41) is 3.59. The van der Waals surface area contributed by atoms with Crippen LogP contribution < -0.4 is 5.32 Å². The van der Waals surface area contributed by atoms with Gasteiger partial charge in [0.15, 0.2) is 0 Å². The first-order chi connectivity index (χ1) is 8.99. The average molecular weight is 257 g/mol. The third kappa shape index (κ3) is 3.07. The lowest BCUT2D eigenvalue weighted by atomic mass is 9.96. The maximum Gasteiger partial charge on any atom is 0.120 e. The van der Waals surface area contributed by atoms with Gasteiger partial charge in [-0.15, -0.1) is 0 Å². The van der Waals surface area contributed by atoms with Gasteiger partial charge in [0, 0.05) is 6.04 Å². The van der Waals surface area contributed by atoms with Crippen molar-refractivity contribution in [1.82, 2.24) is 5.32 Å². The fraction of sp³-hybridized carbons (Fsp3) is 0.412. The SMILES string of the molecule is Cc1cc(C)c(C(C)N[C@H](C)c2ccco2)cc1C. The molecule has 1 N–H and O–H groups in total. The van der Waals surface area contributed by atoms with Gasteiger partial charge in [0.25, 0.3) is 0 Å². The molecular formula is C17H23NO. The second-order valence-corrected chi connectivity index (χ2v) is 5.42. The summed E-state index contributed by atoms with van der Waals surface area (Å²) in [6, 6.07) is 9.01. The van der Waals surface area contributed by atoms with Gasteiger partial charge in [0.05, 0.1) is 12.3 Å². The molecule has 0 amide bonds. The Bertz CT molecular complexity index is 543. The highest BCUT2D eigenvalue weighted by atomic mass is 16.3. The Morgan fingerprint density at radius 3 is 2.26 bits per heavy atom. The van der Waals surface area contributed by atoms with Gasteiger partial charge in [-0.25, -0.2) is 0 Å². The predicted molar refractivity (Wildman–Crippen MR) is 79.3 cm³/mol. The van der Waals surface area contributed by atoms with Crippen molar-refractivity contribution < 1.29 is 4.42 Å². The van der Waals surface area contributed by atoms with Crippen LogP contribution >= 0.6 is 0 Å². The van der Waals surface area contributed by atoms with Crippen LogP contribution in [0.25, 0.3) is 0 Å². The van der Waals surface area contributed by atoms with E-state index in [1.54, 1.807) is 6.26 Å². The minimum absolute atomic E-state index is 0.214. The Morgan fingerprint density at radius 2 is 1.63 bits per heavy atom. The van der Waals surface area contributed by atoms with Gasteiger partial charge < -0.3 is 9.73 Å². The third-order valence-electron chi connectivity index (χ3n) is 3.82. The van der Waals surface area contributed by atoms with Crippen molar-refractivity contribution in [1.29, 1.82) is 0 Å². The van der Waals surface area contributed by atoms with E-state index < -0.39 is 0 Å². The number of benzene rings is 1. The summed E-state index contributed by atoms with van der Waals surface area (Å²) in [4.78, 5) is 0. The fourth-order valence-corrected chi connectivity index (χ4v) is 2.53. The number of hydrogen-bond donors (Lipinski definition) is 1. The second kappa shape index (κ2) is 5.62. The van der Waals surface area contributed by atoms with E-state index in [4.69, 9.17) is 4.42 Å². The van der Waals surface area contributed by atoms with E-state index in [1.165, 1.54) is 22.3 Å². The molecule has 0 saturated carbocycles. The lowest BCUT2D eigenvalue weighted by Crippen LogP contribution is -2.23. The number of aryl methyl sites for hydroxylation is 3. The molecule has 0 aliphatic carbocycles. The van der Waals surface area contributed by atoms with Gasteiger partial charge in [-0.05, 0) is 69.0 Å². The lowest BCUT2D eigenvalue weighted by molar-refractivity contribution is 0.402. The highest BCUT2D eigenvalue weighted by molar-refractivity contribution is 5.38. The summed E-state index contributed by atoms with van der Waals surface area (Å²) in [6.07, 6.45) is 1.72. The van der Waals surface area contributed by atoms with E-state index in [0.29, 0.717) is 6.04 Å². The molecule has 1 unspecified atom stereocenters. The lowest BCUT2D eigenvalue weighted by Gasteiger charge is -2.21. The van der Waals surface area contributed by atoms with E-state index in [2.05, 4.69) is 52.1 Å². The van der Waals surface area contributed by atoms with Crippen molar-refractivity contribution in [3.05, 3.63) is 58.5 Å². The zero-order valence-electron chi connectivity index (χ0n) is 12.4. The molecule has 2 heteroatoms. The molecular weight excluding hydrogens is 234 g/mol. The largest absolute Gasteiger partial charge is 0.468 e. The highest BCUT2D eigenvalue weighted by Gasteiger charge is 2.15. The Labute approximate surface area is 115 Å². The summed E-state index contributed by atoms with van der Waals surface area (Å²) in [7, 11) is 0. The molecule has 2 atom stereocenters. The molecule has 1 heterocycles. The monoisotopic (exact) mass is 257 g/mol. The third-order valence-corrected chi connectivity index (χ3v) is 3.82. The quantitative estimate of drug-likeness (QED) is 0.864. The fourth-order valence-electron chi connectivity index (χ4n) is 2.53. The molecule has 0 saturated heterocycles. The van der Waals surface area contributed by atoms with Crippen LogP contribution in [0.2, 0.25) is 0 Å². The Morgan fingerprint density at radius 1 is 0.947 bits per heavy atom. The van der Waals surface area contributed by atoms with Crippen LogP contribution in [0, 0.1) is 20.8 Å². The minimum atomic E-state index is 0.214. The van der Waals surface area contributed by atoms with Crippen LogP contribution in [0.5, 0.6) is 0 Å². The van der Waals surface area contributed by atoms with Crippen molar-refractivity contribution in [2.45, 2.75) is 46.7 Å². The van der Waals surface area contributed by atoms with Crippen molar-refractivity contribution in [2.75, 3.05) is 0 Å². The molecule has 0 spiro atoms.